The highest BCUT2D eigenvalue weighted by atomic mass is 15.2. The Bertz CT molecular complexity index is 2690. The maximum Gasteiger partial charge on any atom is 0.140 e. The van der Waals surface area contributed by atoms with Crippen LogP contribution >= 0.6 is 0 Å². The lowest BCUT2D eigenvalue weighted by atomic mass is 9.94. The van der Waals surface area contributed by atoms with Gasteiger partial charge in [0.05, 0.1) is 28.3 Å². The second-order valence-corrected chi connectivity index (χ2v) is 16.8. The average Bonchev–Trinajstić information content (AvgIpc) is 3.91. The zero-order valence-corrected chi connectivity index (χ0v) is 38.9. The van der Waals surface area contributed by atoms with Crippen molar-refractivity contribution < 1.29 is 0 Å². The molecule has 0 saturated carbocycles. The molecule has 0 spiro atoms. The van der Waals surface area contributed by atoms with Crippen molar-refractivity contribution >= 4 is 33.1 Å². The Morgan fingerprint density at radius 3 is 1.54 bits per heavy atom. The molecule has 8 aromatic rings. The SMILES string of the molecule is Cc1c(C)c(C)c2c(c(C)cn2C)c1C.Cc1c(C)c(C)n2c(C)cnc2c1C.Cc1c(C)c(C)n2ncc(C)c2c1C.Cc1nc2c(C)cn(C)c2c(C)c1C. The third kappa shape index (κ3) is 7.30. The third-order valence-electron chi connectivity index (χ3n) is 13.4. The maximum absolute atomic E-state index is 4.64. The van der Waals surface area contributed by atoms with E-state index >= 15 is 0 Å². The average molecular weight is 766 g/mol. The van der Waals surface area contributed by atoms with Crippen LogP contribution in [0.1, 0.15) is 106 Å². The van der Waals surface area contributed by atoms with Crippen LogP contribution in [-0.2, 0) is 14.1 Å². The number of rotatable bonds is 0. The number of pyridine rings is 3. The fourth-order valence-electron chi connectivity index (χ4n) is 8.73. The van der Waals surface area contributed by atoms with Gasteiger partial charge < -0.3 is 13.5 Å². The van der Waals surface area contributed by atoms with E-state index in [2.05, 4.69) is 187 Å². The zero-order chi connectivity index (χ0) is 42.7. The van der Waals surface area contributed by atoms with E-state index in [0.717, 1.165) is 16.9 Å². The van der Waals surface area contributed by atoms with Gasteiger partial charge in [-0.15, -0.1) is 0 Å². The van der Waals surface area contributed by atoms with Crippen LogP contribution < -0.4 is 0 Å². The van der Waals surface area contributed by atoms with Crippen molar-refractivity contribution in [2.75, 3.05) is 0 Å². The van der Waals surface area contributed by atoms with Gasteiger partial charge in [0.25, 0.3) is 0 Å². The quantitative estimate of drug-likeness (QED) is 0.154. The van der Waals surface area contributed by atoms with Crippen molar-refractivity contribution in [1.29, 1.82) is 0 Å². The van der Waals surface area contributed by atoms with E-state index in [1.54, 1.807) is 0 Å². The van der Waals surface area contributed by atoms with E-state index < -0.39 is 0 Å². The molecule has 0 aliphatic carbocycles. The molecule has 302 valence electrons. The molecule has 0 bridgehead atoms. The molecular formula is C50H67N7. The maximum atomic E-state index is 4.64. The van der Waals surface area contributed by atoms with Crippen LogP contribution in [0.25, 0.3) is 33.1 Å². The summed E-state index contributed by atoms with van der Waals surface area (Å²) in [5.74, 6) is 0. The van der Waals surface area contributed by atoms with Gasteiger partial charge in [-0.1, -0.05) is 0 Å². The molecule has 0 radical (unpaired) electrons. The molecule has 0 saturated heterocycles. The highest BCUT2D eigenvalue weighted by Gasteiger charge is 2.15. The van der Waals surface area contributed by atoms with E-state index in [0.29, 0.717) is 0 Å². The minimum Gasteiger partial charge on any atom is -0.350 e. The molecule has 7 heterocycles. The number of benzene rings is 1. The summed E-state index contributed by atoms with van der Waals surface area (Å²) in [6.45, 7) is 41.1. The van der Waals surface area contributed by atoms with Gasteiger partial charge in [0, 0.05) is 60.8 Å². The Balaban J connectivity index is 0.000000145. The summed E-state index contributed by atoms with van der Waals surface area (Å²) in [6.07, 6.45) is 8.25. The van der Waals surface area contributed by atoms with E-state index in [-0.39, 0.29) is 0 Å². The van der Waals surface area contributed by atoms with Crippen LogP contribution in [0, 0.1) is 132 Å². The largest absolute Gasteiger partial charge is 0.350 e. The molecule has 7 aromatic heterocycles. The molecule has 0 aliphatic heterocycles. The molecule has 0 N–H and O–H groups in total. The smallest absolute Gasteiger partial charge is 0.140 e. The molecule has 8 rings (SSSR count). The summed E-state index contributed by atoms with van der Waals surface area (Å²) in [7, 11) is 4.22. The number of aromatic nitrogens is 7. The second kappa shape index (κ2) is 16.0. The van der Waals surface area contributed by atoms with Gasteiger partial charge in [-0.2, -0.15) is 5.10 Å². The van der Waals surface area contributed by atoms with Crippen LogP contribution in [0.2, 0.25) is 0 Å². The number of hydrogen-bond donors (Lipinski definition) is 0. The van der Waals surface area contributed by atoms with E-state index in [1.807, 2.05) is 16.9 Å². The number of hydrogen-bond acceptors (Lipinski definition) is 3. The first-order chi connectivity index (χ1) is 26.5. The summed E-state index contributed by atoms with van der Waals surface area (Å²) >= 11 is 0. The van der Waals surface area contributed by atoms with Gasteiger partial charge in [0.15, 0.2) is 0 Å². The first kappa shape index (κ1) is 43.0. The van der Waals surface area contributed by atoms with Crippen LogP contribution in [0.3, 0.4) is 0 Å². The molecule has 1 aromatic carbocycles. The molecule has 0 fully saturated rings. The summed E-state index contributed by atoms with van der Waals surface area (Å²) in [6, 6.07) is 0. The Morgan fingerprint density at radius 1 is 0.421 bits per heavy atom. The van der Waals surface area contributed by atoms with Crippen molar-refractivity contribution in [2.45, 2.75) is 132 Å². The number of imidazole rings is 1. The Labute approximate surface area is 341 Å². The first-order valence-corrected chi connectivity index (χ1v) is 20.3. The minimum absolute atomic E-state index is 1.10. The molecule has 7 heteroatoms. The lowest BCUT2D eigenvalue weighted by molar-refractivity contribution is 0.891. The summed E-state index contributed by atoms with van der Waals surface area (Å²) in [4.78, 5) is 9.08. The fraction of sp³-hybridized carbons (Fsp3) is 0.420. The van der Waals surface area contributed by atoms with Gasteiger partial charge in [0.1, 0.15) is 5.65 Å². The zero-order valence-electron chi connectivity index (χ0n) is 38.9. The van der Waals surface area contributed by atoms with Crippen molar-refractivity contribution in [3.63, 3.8) is 0 Å². The van der Waals surface area contributed by atoms with Crippen molar-refractivity contribution in [3.8, 4) is 0 Å². The van der Waals surface area contributed by atoms with Crippen LogP contribution in [0.15, 0.2) is 24.8 Å². The fourth-order valence-corrected chi connectivity index (χ4v) is 8.73. The van der Waals surface area contributed by atoms with Crippen LogP contribution in [0.5, 0.6) is 0 Å². The molecule has 0 amide bonds. The van der Waals surface area contributed by atoms with E-state index in [9.17, 15) is 0 Å². The molecule has 0 atom stereocenters. The normalized spacial score (nSPS) is 11.2. The van der Waals surface area contributed by atoms with Gasteiger partial charge in [-0.25, -0.2) is 9.50 Å². The minimum atomic E-state index is 1.10. The lowest BCUT2D eigenvalue weighted by Gasteiger charge is -2.12. The van der Waals surface area contributed by atoms with Crippen molar-refractivity contribution in [3.05, 3.63) is 131 Å². The molecule has 0 aliphatic rings. The highest BCUT2D eigenvalue weighted by molar-refractivity contribution is 5.91. The molecule has 0 unspecified atom stereocenters. The predicted molar refractivity (Wildman–Crippen MR) is 244 cm³/mol. The van der Waals surface area contributed by atoms with Crippen LogP contribution in [0.4, 0.5) is 0 Å². The highest BCUT2D eigenvalue weighted by Crippen LogP contribution is 2.32. The standard InChI is InChI=1S/C14H19N.3C12H16N2/c1-8-7-15(6)14-12(5)10(3)9(2)11(4)13(8)14;1-7-6-14(5)12-9(3)8(2)10(4)13-11(7)12;1-7-6-13-12-10(4)8(2)9(3)11(5)14(7)12;1-7-6-13-14-11(5)9(3)8(2)10(4)12(7)14/h7H,1-6H3;3*6H,1-5H3. The van der Waals surface area contributed by atoms with Crippen molar-refractivity contribution in [1.82, 2.24) is 33.1 Å². The topological polar surface area (TPSA) is 57.4 Å². The van der Waals surface area contributed by atoms with E-state index in [4.69, 9.17) is 0 Å². The van der Waals surface area contributed by atoms with E-state index in [1.165, 1.54) is 122 Å². The Hall–Kier alpha value is -5.17. The van der Waals surface area contributed by atoms with Gasteiger partial charge >= 0.3 is 0 Å². The Morgan fingerprint density at radius 2 is 0.912 bits per heavy atom. The first-order valence-electron chi connectivity index (χ1n) is 20.3. The summed E-state index contributed by atoms with van der Waals surface area (Å²) < 4.78 is 8.70. The summed E-state index contributed by atoms with van der Waals surface area (Å²) in [5, 5.41) is 5.84. The number of aryl methyl sites for hydroxylation is 14. The van der Waals surface area contributed by atoms with Crippen molar-refractivity contribution in [2.24, 2.45) is 14.1 Å². The predicted octanol–water partition coefficient (Wildman–Crippen LogP) is 12.3. The van der Waals surface area contributed by atoms with Gasteiger partial charge in [0.2, 0.25) is 0 Å². The molecule has 57 heavy (non-hydrogen) atoms. The number of nitrogens with zero attached hydrogens (tertiary/aromatic N) is 7. The lowest BCUT2D eigenvalue weighted by Crippen LogP contribution is -2.02. The molecule has 7 nitrogen and oxygen atoms in total. The third-order valence-corrected chi connectivity index (χ3v) is 13.4. The van der Waals surface area contributed by atoms with Gasteiger partial charge in [-0.05, 0) is 215 Å². The second-order valence-electron chi connectivity index (χ2n) is 16.8. The molecular weight excluding hydrogens is 699 g/mol. The summed E-state index contributed by atoms with van der Waals surface area (Å²) in [5.41, 5.74) is 31.5. The van der Waals surface area contributed by atoms with Crippen LogP contribution in [-0.4, -0.2) is 33.1 Å². The number of fused-ring (bicyclic) bond motifs is 4. The monoisotopic (exact) mass is 766 g/mol. The Kier molecular flexibility index (Phi) is 12.1. The van der Waals surface area contributed by atoms with Gasteiger partial charge in [-0.3, -0.25) is 4.98 Å².